The van der Waals surface area contributed by atoms with E-state index in [-0.39, 0.29) is 26.2 Å². The number of methoxy groups -OCH3 is 1. The third-order valence-electron chi connectivity index (χ3n) is 5.23. The average molecular weight is 409 g/mol. The second kappa shape index (κ2) is 9.55. The van der Waals surface area contributed by atoms with Crippen LogP contribution in [0.5, 0.6) is 11.5 Å². The van der Waals surface area contributed by atoms with Gasteiger partial charge >= 0.3 is 12.2 Å². The molecule has 2 saturated heterocycles. The summed E-state index contributed by atoms with van der Waals surface area (Å²) in [4.78, 5) is 27.4. The molecule has 0 aliphatic carbocycles. The van der Waals surface area contributed by atoms with Gasteiger partial charge in [0.05, 0.1) is 33.0 Å². The lowest BCUT2D eigenvalue weighted by Gasteiger charge is -2.38. The van der Waals surface area contributed by atoms with E-state index < -0.39 is 18.2 Å². The number of ether oxygens (including phenoxy) is 3. The molecular weight excluding hydrogens is 382 g/mol. The van der Waals surface area contributed by atoms with Crippen molar-refractivity contribution in [3.8, 4) is 11.5 Å². The Morgan fingerprint density at radius 1 is 1.10 bits per heavy atom. The number of piperazine rings is 1. The molecule has 0 aromatic heterocycles. The minimum absolute atomic E-state index is 0.137. The van der Waals surface area contributed by atoms with Gasteiger partial charge in [0.2, 0.25) is 0 Å². The Bertz CT molecular complexity index is 724. The molecule has 0 unspecified atom stereocenters. The highest BCUT2D eigenvalue weighted by Crippen LogP contribution is 2.32. The molecule has 1 aromatic carbocycles. The van der Waals surface area contributed by atoms with Crippen LogP contribution < -0.4 is 14.4 Å². The third-order valence-corrected chi connectivity index (χ3v) is 5.23. The first-order chi connectivity index (χ1) is 14.0. The van der Waals surface area contributed by atoms with Gasteiger partial charge in [0.15, 0.2) is 11.5 Å². The highest BCUT2D eigenvalue weighted by molar-refractivity contribution is 5.68. The molecule has 2 heterocycles. The van der Waals surface area contributed by atoms with Crippen molar-refractivity contribution in [1.29, 1.82) is 0 Å². The van der Waals surface area contributed by atoms with Gasteiger partial charge in [0.25, 0.3) is 0 Å². The Balaban J connectivity index is 1.60. The first-order valence-corrected chi connectivity index (χ1v) is 9.60. The SMILES string of the molecule is COc1cc(N2CCOCC2)ccc1OCC[C@@H]1CN(C(=O)O)CCN1C(=O)O. The summed E-state index contributed by atoms with van der Waals surface area (Å²) in [6, 6.07) is 5.26. The van der Waals surface area contributed by atoms with E-state index in [4.69, 9.17) is 14.2 Å². The summed E-state index contributed by atoms with van der Waals surface area (Å²) in [5, 5.41) is 18.6. The summed E-state index contributed by atoms with van der Waals surface area (Å²) in [5.41, 5.74) is 1.03. The van der Waals surface area contributed by atoms with E-state index in [0.717, 1.165) is 18.8 Å². The molecule has 3 rings (SSSR count). The minimum Gasteiger partial charge on any atom is -0.493 e. The number of nitrogens with zero attached hydrogens (tertiary/aromatic N) is 3. The van der Waals surface area contributed by atoms with Crippen LogP contribution in [-0.4, -0.2) is 97.9 Å². The van der Waals surface area contributed by atoms with Crippen LogP contribution in [0.15, 0.2) is 18.2 Å². The van der Waals surface area contributed by atoms with Gasteiger partial charge in [-0.3, -0.25) is 0 Å². The zero-order chi connectivity index (χ0) is 20.8. The highest BCUT2D eigenvalue weighted by atomic mass is 16.5. The number of morpholine rings is 1. The van der Waals surface area contributed by atoms with Crippen LogP contribution in [0, 0.1) is 0 Å². The lowest BCUT2D eigenvalue weighted by atomic mass is 10.1. The van der Waals surface area contributed by atoms with Gasteiger partial charge in [0.1, 0.15) is 0 Å². The second-order valence-corrected chi connectivity index (χ2v) is 6.93. The van der Waals surface area contributed by atoms with Gasteiger partial charge in [-0.25, -0.2) is 9.59 Å². The Morgan fingerprint density at radius 2 is 1.86 bits per heavy atom. The van der Waals surface area contributed by atoms with Crippen molar-refractivity contribution in [1.82, 2.24) is 9.80 Å². The molecule has 2 aliphatic rings. The fourth-order valence-corrected chi connectivity index (χ4v) is 3.63. The number of amides is 2. The summed E-state index contributed by atoms with van der Waals surface area (Å²) in [6.45, 7) is 3.73. The smallest absolute Gasteiger partial charge is 0.407 e. The quantitative estimate of drug-likeness (QED) is 0.729. The molecule has 2 aliphatic heterocycles. The van der Waals surface area contributed by atoms with Gasteiger partial charge in [-0.05, 0) is 12.1 Å². The van der Waals surface area contributed by atoms with Crippen molar-refractivity contribution in [2.45, 2.75) is 12.5 Å². The van der Waals surface area contributed by atoms with E-state index in [1.807, 2.05) is 18.2 Å². The Morgan fingerprint density at radius 3 is 2.52 bits per heavy atom. The number of hydrogen-bond donors (Lipinski definition) is 2. The maximum absolute atomic E-state index is 11.4. The molecule has 1 aromatic rings. The topological polar surface area (TPSA) is 112 Å². The Hall–Kier alpha value is -2.88. The second-order valence-electron chi connectivity index (χ2n) is 6.93. The summed E-state index contributed by atoms with van der Waals surface area (Å²) in [7, 11) is 1.57. The molecule has 29 heavy (non-hydrogen) atoms. The molecule has 10 heteroatoms. The van der Waals surface area contributed by atoms with E-state index in [9.17, 15) is 19.8 Å². The summed E-state index contributed by atoms with van der Waals surface area (Å²) in [6.07, 6.45) is -1.71. The van der Waals surface area contributed by atoms with Crippen molar-refractivity contribution in [2.24, 2.45) is 0 Å². The van der Waals surface area contributed by atoms with Crippen LogP contribution in [0.2, 0.25) is 0 Å². The number of hydrogen-bond acceptors (Lipinski definition) is 6. The average Bonchev–Trinajstić information content (AvgIpc) is 2.74. The Labute approximate surface area is 169 Å². The van der Waals surface area contributed by atoms with Crippen LogP contribution in [0.4, 0.5) is 15.3 Å². The maximum atomic E-state index is 11.4. The predicted molar refractivity (Wildman–Crippen MR) is 104 cm³/mol. The van der Waals surface area contributed by atoms with Crippen LogP contribution >= 0.6 is 0 Å². The molecule has 2 N–H and O–H groups in total. The zero-order valence-corrected chi connectivity index (χ0v) is 16.5. The van der Waals surface area contributed by atoms with Crippen molar-refractivity contribution >= 4 is 17.9 Å². The minimum atomic E-state index is -1.05. The van der Waals surface area contributed by atoms with E-state index in [1.54, 1.807) is 7.11 Å². The standard InChI is InChI=1S/C19H27N3O7/c1-27-17-12-14(20-7-10-28-11-8-20)2-3-16(17)29-9-4-15-13-21(18(23)24)5-6-22(15)19(25)26/h2-3,12,15H,4-11,13H2,1H3,(H,23,24)(H,25,26)/t15-/m1/s1. The van der Waals surface area contributed by atoms with Crippen molar-refractivity contribution < 1.29 is 34.0 Å². The fourth-order valence-electron chi connectivity index (χ4n) is 3.63. The maximum Gasteiger partial charge on any atom is 0.407 e. The molecule has 0 radical (unpaired) electrons. The van der Waals surface area contributed by atoms with Gasteiger partial charge in [-0.2, -0.15) is 0 Å². The number of benzene rings is 1. The molecule has 160 valence electrons. The van der Waals surface area contributed by atoms with Gasteiger partial charge in [-0.15, -0.1) is 0 Å². The molecule has 2 fully saturated rings. The van der Waals surface area contributed by atoms with Crippen LogP contribution in [0.1, 0.15) is 6.42 Å². The number of carbonyl (C=O) groups is 2. The summed E-state index contributed by atoms with van der Waals surface area (Å²) in [5.74, 6) is 1.16. The third kappa shape index (κ3) is 5.14. The van der Waals surface area contributed by atoms with E-state index >= 15 is 0 Å². The largest absolute Gasteiger partial charge is 0.493 e. The molecule has 0 spiro atoms. The van der Waals surface area contributed by atoms with Crippen molar-refractivity contribution in [2.75, 3.05) is 64.6 Å². The van der Waals surface area contributed by atoms with Crippen LogP contribution in [-0.2, 0) is 4.74 Å². The number of rotatable bonds is 6. The predicted octanol–water partition coefficient (Wildman–Crippen LogP) is 1.64. The first kappa shape index (κ1) is 20.8. The molecule has 10 nitrogen and oxygen atoms in total. The lowest BCUT2D eigenvalue weighted by Crippen LogP contribution is -2.56. The summed E-state index contributed by atoms with van der Waals surface area (Å²) >= 11 is 0. The van der Waals surface area contributed by atoms with E-state index in [1.165, 1.54) is 9.80 Å². The highest BCUT2D eigenvalue weighted by Gasteiger charge is 2.32. The molecule has 2 amide bonds. The first-order valence-electron chi connectivity index (χ1n) is 9.60. The van der Waals surface area contributed by atoms with Gasteiger partial charge in [0, 0.05) is 50.9 Å². The van der Waals surface area contributed by atoms with Crippen LogP contribution in [0.25, 0.3) is 0 Å². The molecule has 0 bridgehead atoms. The molecule has 0 saturated carbocycles. The van der Waals surface area contributed by atoms with E-state index in [0.29, 0.717) is 31.1 Å². The number of carboxylic acid groups (broad SMARTS) is 2. The fraction of sp³-hybridized carbons (Fsp3) is 0.579. The molecule has 1 atom stereocenters. The van der Waals surface area contributed by atoms with E-state index in [2.05, 4.69) is 4.90 Å². The van der Waals surface area contributed by atoms with Crippen molar-refractivity contribution in [3.63, 3.8) is 0 Å². The zero-order valence-electron chi connectivity index (χ0n) is 16.5. The number of anilines is 1. The summed E-state index contributed by atoms with van der Waals surface area (Å²) < 4.78 is 16.7. The normalized spacial score (nSPS) is 19.8. The van der Waals surface area contributed by atoms with Crippen LogP contribution in [0.3, 0.4) is 0 Å². The van der Waals surface area contributed by atoms with Crippen molar-refractivity contribution in [3.05, 3.63) is 18.2 Å². The Kier molecular flexibility index (Phi) is 6.86. The van der Waals surface area contributed by atoms with Gasteiger partial charge in [-0.1, -0.05) is 0 Å². The monoisotopic (exact) mass is 409 g/mol. The van der Waals surface area contributed by atoms with Gasteiger partial charge < -0.3 is 39.1 Å². The lowest BCUT2D eigenvalue weighted by molar-refractivity contribution is 0.0561. The molecular formula is C19H27N3O7.